The van der Waals surface area contributed by atoms with E-state index >= 15 is 0 Å². The van der Waals surface area contributed by atoms with Gasteiger partial charge in [-0.1, -0.05) is 12.1 Å². The monoisotopic (exact) mass is 277 g/mol. The summed E-state index contributed by atoms with van der Waals surface area (Å²) in [5.41, 5.74) is 6.59. The number of anilines is 1. The largest absolute Gasteiger partial charge is 0.495 e. The third-order valence-corrected chi connectivity index (χ3v) is 3.67. The van der Waals surface area contributed by atoms with Crippen molar-refractivity contribution in [1.82, 2.24) is 4.90 Å². The molecule has 5 heteroatoms. The maximum atomic E-state index is 12.0. The third kappa shape index (κ3) is 4.21. The number of hydrogen-bond donors (Lipinski definition) is 2. The summed E-state index contributed by atoms with van der Waals surface area (Å²) in [6.45, 7) is 2.76. The number of carbonyl (C=O) groups is 1. The molecule has 1 heterocycles. The Morgan fingerprint density at radius 2 is 2.10 bits per heavy atom. The molecular formula is C15H23N3O2. The molecule has 3 N–H and O–H groups in total. The van der Waals surface area contributed by atoms with E-state index in [1.54, 1.807) is 7.11 Å². The van der Waals surface area contributed by atoms with Gasteiger partial charge in [-0.05, 0) is 38.1 Å². The second-order valence-corrected chi connectivity index (χ2v) is 5.18. The van der Waals surface area contributed by atoms with Gasteiger partial charge in [0.1, 0.15) is 5.75 Å². The van der Waals surface area contributed by atoms with Crippen molar-refractivity contribution in [3.8, 4) is 5.75 Å². The van der Waals surface area contributed by atoms with Crippen molar-refractivity contribution in [2.24, 2.45) is 5.73 Å². The van der Waals surface area contributed by atoms with Gasteiger partial charge in [0.2, 0.25) is 5.91 Å². The first kappa shape index (κ1) is 14.8. The van der Waals surface area contributed by atoms with E-state index in [9.17, 15) is 4.79 Å². The van der Waals surface area contributed by atoms with Crippen LogP contribution in [0.1, 0.15) is 19.3 Å². The Morgan fingerprint density at radius 1 is 1.40 bits per heavy atom. The second-order valence-electron chi connectivity index (χ2n) is 5.18. The van der Waals surface area contributed by atoms with Gasteiger partial charge in [0.15, 0.2) is 0 Å². The number of nitrogens with two attached hydrogens (primary N) is 1. The number of hydrogen-bond acceptors (Lipinski definition) is 4. The molecule has 1 aromatic rings. The van der Waals surface area contributed by atoms with E-state index in [1.807, 2.05) is 24.3 Å². The maximum Gasteiger partial charge on any atom is 0.225 e. The molecule has 1 fully saturated rings. The van der Waals surface area contributed by atoms with Gasteiger partial charge < -0.3 is 20.7 Å². The Labute approximate surface area is 120 Å². The molecule has 0 atom stereocenters. The van der Waals surface area contributed by atoms with Crippen LogP contribution in [0, 0.1) is 0 Å². The summed E-state index contributed by atoms with van der Waals surface area (Å²) in [4.78, 5) is 14.3. The molecule has 0 aliphatic carbocycles. The van der Waals surface area contributed by atoms with Crippen LogP contribution in [0.3, 0.4) is 0 Å². The molecule has 1 aromatic carbocycles. The van der Waals surface area contributed by atoms with E-state index < -0.39 is 0 Å². The lowest BCUT2D eigenvalue weighted by molar-refractivity contribution is -0.116. The van der Waals surface area contributed by atoms with Crippen LogP contribution in [-0.4, -0.2) is 43.6 Å². The van der Waals surface area contributed by atoms with Crippen LogP contribution >= 0.6 is 0 Å². The summed E-state index contributed by atoms with van der Waals surface area (Å²) in [6, 6.07) is 7.77. The van der Waals surface area contributed by atoms with E-state index in [1.165, 1.54) is 0 Å². The smallest absolute Gasteiger partial charge is 0.225 e. The van der Waals surface area contributed by atoms with Crippen LogP contribution < -0.4 is 15.8 Å². The predicted molar refractivity (Wildman–Crippen MR) is 79.9 cm³/mol. The lowest BCUT2D eigenvalue weighted by Gasteiger charge is -2.29. The SMILES string of the molecule is COc1ccccc1NC(=O)CCN1CCC(N)CC1. The van der Waals surface area contributed by atoms with E-state index in [2.05, 4.69) is 10.2 Å². The molecule has 0 bridgehead atoms. The fourth-order valence-corrected chi connectivity index (χ4v) is 2.40. The van der Waals surface area contributed by atoms with Crippen molar-refractivity contribution < 1.29 is 9.53 Å². The van der Waals surface area contributed by atoms with Crippen LogP contribution in [0.4, 0.5) is 5.69 Å². The zero-order valence-electron chi connectivity index (χ0n) is 12.0. The topological polar surface area (TPSA) is 67.6 Å². The van der Waals surface area contributed by atoms with Crippen LogP contribution in [-0.2, 0) is 4.79 Å². The minimum absolute atomic E-state index is 0.0179. The summed E-state index contributed by atoms with van der Waals surface area (Å²) in [6.07, 6.45) is 2.54. The Balaban J connectivity index is 1.78. The van der Waals surface area contributed by atoms with Gasteiger partial charge in [0, 0.05) is 19.0 Å². The van der Waals surface area contributed by atoms with E-state index in [-0.39, 0.29) is 5.91 Å². The fourth-order valence-electron chi connectivity index (χ4n) is 2.40. The van der Waals surface area contributed by atoms with Crippen molar-refractivity contribution in [2.45, 2.75) is 25.3 Å². The zero-order valence-corrected chi connectivity index (χ0v) is 12.0. The molecule has 0 radical (unpaired) electrons. The number of benzene rings is 1. The highest BCUT2D eigenvalue weighted by Crippen LogP contribution is 2.23. The van der Waals surface area contributed by atoms with Crippen LogP contribution in [0.25, 0.3) is 0 Å². The minimum atomic E-state index is 0.0179. The number of ether oxygens (including phenoxy) is 1. The van der Waals surface area contributed by atoms with Gasteiger partial charge in [0.05, 0.1) is 12.8 Å². The van der Waals surface area contributed by atoms with Crippen LogP contribution in [0.15, 0.2) is 24.3 Å². The average molecular weight is 277 g/mol. The average Bonchev–Trinajstić information content (AvgIpc) is 2.47. The number of likely N-dealkylation sites (tertiary alicyclic amines) is 1. The number of carbonyl (C=O) groups excluding carboxylic acids is 1. The number of nitrogens with one attached hydrogen (secondary N) is 1. The van der Waals surface area contributed by atoms with Crippen molar-refractivity contribution in [1.29, 1.82) is 0 Å². The number of piperidine rings is 1. The molecule has 0 saturated carbocycles. The van der Waals surface area contributed by atoms with E-state index in [4.69, 9.17) is 10.5 Å². The highest BCUT2D eigenvalue weighted by molar-refractivity contribution is 5.92. The molecule has 110 valence electrons. The number of amides is 1. The first-order valence-corrected chi connectivity index (χ1v) is 7.10. The molecule has 0 aromatic heterocycles. The molecule has 1 aliphatic rings. The van der Waals surface area contributed by atoms with Crippen molar-refractivity contribution in [3.63, 3.8) is 0 Å². The Morgan fingerprint density at radius 3 is 2.80 bits per heavy atom. The Hall–Kier alpha value is -1.59. The molecular weight excluding hydrogens is 254 g/mol. The Kier molecular flexibility index (Phi) is 5.38. The first-order chi connectivity index (χ1) is 9.69. The van der Waals surface area contributed by atoms with Gasteiger partial charge >= 0.3 is 0 Å². The molecule has 1 aliphatic heterocycles. The molecule has 0 unspecified atom stereocenters. The fraction of sp³-hybridized carbons (Fsp3) is 0.533. The summed E-state index contributed by atoms with van der Waals surface area (Å²) in [5.74, 6) is 0.703. The Bertz CT molecular complexity index is 442. The predicted octanol–water partition coefficient (Wildman–Crippen LogP) is 1.45. The normalized spacial score (nSPS) is 16.9. The first-order valence-electron chi connectivity index (χ1n) is 7.10. The van der Waals surface area contributed by atoms with Gasteiger partial charge in [-0.2, -0.15) is 0 Å². The van der Waals surface area contributed by atoms with Gasteiger partial charge in [0.25, 0.3) is 0 Å². The van der Waals surface area contributed by atoms with Crippen molar-refractivity contribution in [2.75, 3.05) is 32.1 Å². The number of rotatable bonds is 5. The van der Waals surface area contributed by atoms with Crippen molar-refractivity contribution in [3.05, 3.63) is 24.3 Å². The summed E-state index contributed by atoms with van der Waals surface area (Å²) < 4.78 is 5.21. The molecule has 20 heavy (non-hydrogen) atoms. The minimum Gasteiger partial charge on any atom is -0.495 e. The number of nitrogens with zero attached hydrogens (tertiary/aromatic N) is 1. The molecule has 5 nitrogen and oxygen atoms in total. The van der Waals surface area contributed by atoms with Gasteiger partial charge in [-0.3, -0.25) is 4.79 Å². The standard InChI is InChI=1S/C15H23N3O2/c1-20-14-5-3-2-4-13(14)17-15(19)8-11-18-9-6-12(16)7-10-18/h2-5,12H,6-11,16H2,1H3,(H,17,19). The summed E-state index contributed by atoms with van der Waals surface area (Å²) in [5, 5.41) is 2.89. The van der Waals surface area contributed by atoms with Gasteiger partial charge in [-0.25, -0.2) is 0 Å². The maximum absolute atomic E-state index is 12.0. The second kappa shape index (κ2) is 7.26. The zero-order chi connectivity index (χ0) is 14.4. The molecule has 2 rings (SSSR count). The quantitative estimate of drug-likeness (QED) is 0.855. The lowest BCUT2D eigenvalue weighted by atomic mass is 10.1. The summed E-state index contributed by atoms with van der Waals surface area (Å²) >= 11 is 0. The van der Waals surface area contributed by atoms with Crippen molar-refractivity contribution >= 4 is 11.6 Å². The highest BCUT2D eigenvalue weighted by Gasteiger charge is 2.16. The van der Waals surface area contributed by atoms with E-state index in [0.29, 0.717) is 18.2 Å². The van der Waals surface area contributed by atoms with Crippen LogP contribution in [0.5, 0.6) is 5.75 Å². The summed E-state index contributed by atoms with van der Waals surface area (Å²) in [7, 11) is 1.60. The van der Waals surface area contributed by atoms with E-state index in [0.717, 1.165) is 38.2 Å². The number of para-hydroxylation sites is 2. The molecule has 1 amide bonds. The molecule has 0 spiro atoms. The molecule has 1 saturated heterocycles. The highest BCUT2D eigenvalue weighted by atomic mass is 16.5. The van der Waals surface area contributed by atoms with Crippen LogP contribution in [0.2, 0.25) is 0 Å². The van der Waals surface area contributed by atoms with Gasteiger partial charge in [-0.15, -0.1) is 0 Å². The third-order valence-electron chi connectivity index (χ3n) is 3.67. The number of methoxy groups -OCH3 is 1. The lowest BCUT2D eigenvalue weighted by Crippen LogP contribution is -2.40.